The van der Waals surface area contributed by atoms with Crippen molar-refractivity contribution in [3.8, 4) is 0 Å². The lowest BCUT2D eigenvalue weighted by molar-refractivity contribution is 0.600. The van der Waals surface area contributed by atoms with Crippen molar-refractivity contribution in [1.29, 1.82) is 0 Å². The minimum atomic E-state index is -3.20. The Labute approximate surface area is 168 Å². The van der Waals surface area contributed by atoms with Gasteiger partial charge >= 0.3 is 0 Å². The van der Waals surface area contributed by atoms with Crippen molar-refractivity contribution in [2.24, 2.45) is 4.99 Å². The number of rotatable bonds is 3. The SMILES string of the molecule is O=S1(=O)C[C@@H]2N=C(SCc3cccc(F)c3)N(c3ccc(Br)cc3F)[C@@H]2C1. The molecule has 1 fully saturated rings. The molecule has 0 radical (unpaired) electrons. The lowest BCUT2D eigenvalue weighted by Gasteiger charge is -2.27. The van der Waals surface area contributed by atoms with Crippen LogP contribution in [0.4, 0.5) is 14.5 Å². The molecule has 0 saturated carbocycles. The highest BCUT2D eigenvalue weighted by Crippen LogP contribution is 2.37. The summed E-state index contributed by atoms with van der Waals surface area (Å²) >= 11 is 4.59. The normalized spacial score (nSPS) is 23.4. The zero-order chi connectivity index (χ0) is 19.2. The Morgan fingerprint density at radius 2 is 2.00 bits per heavy atom. The molecule has 2 aromatic carbocycles. The third-order valence-corrected chi connectivity index (χ3v) is 7.76. The molecule has 0 aromatic heterocycles. The van der Waals surface area contributed by atoms with Crippen LogP contribution in [0.1, 0.15) is 5.56 Å². The van der Waals surface area contributed by atoms with Gasteiger partial charge in [-0.15, -0.1) is 0 Å². The van der Waals surface area contributed by atoms with Crippen molar-refractivity contribution in [2.45, 2.75) is 17.8 Å². The lowest BCUT2D eigenvalue weighted by atomic mass is 10.1. The molecule has 0 bridgehead atoms. The van der Waals surface area contributed by atoms with Crippen LogP contribution >= 0.6 is 27.7 Å². The molecular weight excluding hydrogens is 458 g/mol. The van der Waals surface area contributed by atoms with E-state index in [0.717, 1.165) is 5.56 Å². The maximum absolute atomic E-state index is 14.6. The van der Waals surface area contributed by atoms with Gasteiger partial charge in [-0.1, -0.05) is 39.8 Å². The van der Waals surface area contributed by atoms with E-state index < -0.39 is 27.7 Å². The van der Waals surface area contributed by atoms with Gasteiger partial charge < -0.3 is 4.90 Å². The summed E-state index contributed by atoms with van der Waals surface area (Å²) in [5, 5.41) is 0.561. The maximum atomic E-state index is 14.6. The number of hydrogen-bond acceptors (Lipinski definition) is 5. The standard InChI is InChI=1S/C18H15BrF2N2O2S2/c19-12-4-5-16(14(21)7-12)23-17-10-27(24,25)9-15(17)22-18(23)26-8-11-2-1-3-13(20)6-11/h1-7,15,17H,8-10H2/t15-,17+/m0/s1. The average Bonchev–Trinajstić information content (AvgIpc) is 3.05. The van der Waals surface area contributed by atoms with E-state index in [1.807, 2.05) is 0 Å². The molecule has 142 valence electrons. The average molecular weight is 473 g/mol. The van der Waals surface area contributed by atoms with Crippen LogP contribution in [0.2, 0.25) is 0 Å². The highest BCUT2D eigenvalue weighted by atomic mass is 79.9. The summed E-state index contributed by atoms with van der Waals surface area (Å²) in [7, 11) is -3.20. The van der Waals surface area contributed by atoms with Gasteiger partial charge in [-0.3, -0.25) is 4.99 Å². The Kier molecular flexibility index (Phi) is 5.02. The second-order valence-electron chi connectivity index (χ2n) is 6.51. The van der Waals surface area contributed by atoms with Crippen molar-refractivity contribution in [2.75, 3.05) is 16.4 Å². The topological polar surface area (TPSA) is 49.7 Å². The monoisotopic (exact) mass is 472 g/mol. The predicted octanol–water partition coefficient (Wildman–Crippen LogP) is 4.00. The molecule has 2 aromatic rings. The van der Waals surface area contributed by atoms with Gasteiger partial charge in [-0.05, 0) is 35.9 Å². The first-order chi connectivity index (χ1) is 12.8. The molecule has 4 nitrogen and oxygen atoms in total. The van der Waals surface area contributed by atoms with E-state index in [1.165, 1.54) is 30.0 Å². The zero-order valence-electron chi connectivity index (χ0n) is 14.0. The van der Waals surface area contributed by atoms with Gasteiger partial charge in [0.2, 0.25) is 0 Å². The van der Waals surface area contributed by atoms with E-state index in [0.29, 0.717) is 21.1 Å². The Hall–Kier alpha value is -1.45. The number of benzene rings is 2. The number of aliphatic imine (C=N–C) groups is 1. The highest BCUT2D eigenvalue weighted by Gasteiger charge is 2.47. The molecule has 0 unspecified atom stereocenters. The minimum absolute atomic E-state index is 0.0314. The molecular formula is C18H15BrF2N2O2S2. The molecule has 27 heavy (non-hydrogen) atoms. The Balaban J connectivity index is 1.65. The lowest BCUT2D eigenvalue weighted by Crippen LogP contribution is -2.39. The summed E-state index contributed by atoms with van der Waals surface area (Å²) < 4.78 is 52.7. The first-order valence-corrected chi connectivity index (χ1v) is 11.8. The van der Waals surface area contributed by atoms with Crippen LogP contribution in [-0.2, 0) is 15.6 Å². The van der Waals surface area contributed by atoms with Gasteiger partial charge in [-0.2, -0.15) is 0 Å². The number of sulfone groups is 1. The predicted molar refractivity (Wildman–Crippen MR) is 108 cm³/mol. The van der Waals surface area contributed by atoms with Crippen LogP contribution in [0.15, 0.2) is 51.9 Å². The summed E-state index contributed by atoms with van der Waals surface area (Å²) in [6.07, 6.45) is 0. The van der Waals surface area contributed by atoms with E-state index in [1.54, 1.807) is 29.2 Å². The molecule has 0 aliphatic carbocycles. The van der Waals surface area contributed by atoms with Crippen LogP contribution in [0.25, 0.3) is 0 Å². The first-order valence-electron chi connectivity index (χ1n) is 8.22. The van der Waals surface area contributed by atoms with Crippen molar-refractivity contribution >= 4 is 48.4 Å². The number of nitrogens with zero attached hydrogens (tertiary/aromatic N) is 2. The molecule has 9 heteroatoms. The number of fused-ring (bicyclic) bond motifs is 1. The maximum Gasteiger partial charge on any atom is 0.164 e. The molecule has 2 heterocycles. The van der Waals surface area contributed by atoms with Gasteiger partial charge in [0.05, 0.1) is 29.3 Å². The van der Waals surface area contributed by atoms with Crippen molar-refractivity contribution in [1.82, 2.24) is 0 Å². The molecule has 0 N–H and O–H groups in total. The molecule has 0 amide bonds. The van der Waals surface area contributed by atoms with Crippen molar-refractivity contribution < 1.29 is 17.2 Å². The largest absolute Gasteiger partial charge is 0.312 e. The fourth-order valence-corrected chi connectivity index (χ4v) is 6.60. The van der Waals surface area contributed by atoms with E-state index in [-0.39, 0.29) is 17.3 Å². The molecule has 0 spiro atoms. The first kappa shape index (κ1) is 18.9. The quantitative estimate of drug-likeness (QED) is 0.677. The van der Waals surface area contributed by atoms with Crippen LogP contribution in [0, 0.1) is 11.6 Å². The summed E-state index contributed by atoms with van der Waals surface area (Å²) in [4.78, 5) is 6.24. The number of amidine groups is 1. The van der Waals surface area contributed by atoms with Crippen LogP contribution < -0.4 is 4.90 Å². The number of thioether (sulfide) groups is 1. The summed E-state index contributed by atoms with van der Waals surface area (Å²) in [5.74, 6) is -0.400. The third kappa shape index (κ3) is 3.90. The Morgan fingerprint density at radius 1 is 1.19 bits per heavy atom. The number of halogens is 3. The fraction of sp³-hybridized carbons (Fsp3) is 0.278. The summed E-state index contributed by atoms with van der Waals surface area (Å²) in [5.41, 5.74) is 1.08. The zero-order valence-corrected chi connectivity index (χ0v) is 17.2. The highest BCUT2D eigenvalue weighted by molar-refractivity contribution is 9.10. The minimum Gasteiger partial charge on any atom is -0.312 e. The van der Waals surface area contributed by atoms with Crippen LogP contribution in [0.3, 0.4) is 0 Å². The second-order valence-corrected chi connectivity index (χ2v) is 10.5. The van der Waals surface area contributed by atoms with Gasteiger partial charge in [0.1, 0.15) is 11.6 Å². The Morgan fingerprint density at radius 3 is 2.74 bits per heavy atom. The molecule has 4 rings (SSSR count). The summed E-state index contributed by atoms with van der Waals surface area (Å²) in [6.45, 7) is 0. The summed E-state index contributed by atoms with van der Waals surface area (Å²) in [6, 6.07) is 10.1. The number of anilines is 1. The van der Waals surface area contributed by atoms with E-state index in [4.69, 9.17) is 0 Å². The fourth-order valence-electron chi connectivity index (χ4n) is 3.37. The smallest absolute Gasteiger partial charge is 0.164 e. The van der Waals surface area contributed by atoms with E-state index in [9.17, 15) is 17.2 Å². The molecule has 1 saturated heterocycles. The number of hydrogen-bond donors (Lipinski definition) is 0. The van der Waals surface area contributed by atoms with Gasteiger partial charge in [0.25, 0.3) is 0 Å². The molecule has 2 aliphatic rings. The van der Waals surface area contributed by atoms with Crippen LogP contribution in [-0.4, -0.2) is 37.2 Å². The van der Waals surface area contributed by atoms with E-state index in [2.05, 4.69) is 20.9 Å². The van der Waals surface area contributed by atoms with Crippen molar-refractivity contribution in [3.05, 3.63) is 64.1 Å². The molecule has 2 atom stereocenters. The van der Waals surface area contributed by atoms with Gasteiger partial charge in [0.15, 0.2) is 15.0 Å². The Bertz CT molecular complexity index is 1030. The van der Waals surface area contributed by atoms with E-state index >= 15 is 0 Å². The second kappa shape index (κ2) is 7.18. The third-order valence-electron chi connectivity index (χ3n) is 4.53. The van der Waals surface area contributed by atoms with Gasteiger partial charge in [0, 0.05) is 10.2 Å². The molecule has 2 aliphatic heterocycles. The van der Waals surface area contributed by atoms with Crippen molar-refractivity contribution in [3.63, 3.8) is 0 Å². The van der Waals surface area contributed by atoms with Crippen LogP contribution in [0.5, 0.6) is 0 Å². The van der Waals surface area contributed by atoms with Gasteiger partial charge in [-0.25, -0.2) is 17.2 Å².